The minimum Gasteiger partial charge on any atom is -0.341 e. The van der Waals surface area contributed by atoms with Crippen molar-refractivity contribution < 1.29 is 13.2 Å². The molecule has 1 fully saturated rings. The smallest absolute Gasteiger partial charge is 0.241 e. The van der Waals surface area contributed by atoms with Gasteiger partial charge in [0.1, 0.15) is 6.04 Å². The normalized spacial score (nSPS) is 16.1. The Balaban J connectivity index is 1.79. The number of piperidine rings is 1. The van der Waals surface area contributed by atoms with Crippen LogP contribution in [0, 0.1) is 5.92 Å². The second-order valence-electron chi connectivity index (χ2n) is 10.2. The van der Waals surface area contributed by atoms with Gasteiger partial charge in [-0.05, 0) is 67.2 Å². The van der Waals surface area contributed by atoms with E-state index in [1.165, 1.54) is 0 Å². The maximum atomic E-state index is 13.5. The van der Waals surface area contributed by atoms with Crippen LogP contribution in [0.3, 0.4) is 0 Å². The molecule has 0 aromatic heterocycles. The molecule has 204 valence electrons. The topological polar surface area (TPSA) is 92.5 Å². The highest BCUT2D eigenvalue weighted by molar-refractivity contribution is 7.99. The molecule has 1 saturated heterocycles. The maximum absolute atomic E-state index is 13.5. The minimum atomic E-state index is -3.92. The molecule has 3 N–H and O–H groups in total. The average Bonchev–Trinajstić information content (AvgIpc) is 2.91. The number of nitrogens with zero attached hydrogens (tertiary/aromatic N) is 1. The molecule has 2 aromatic rings. The summed E-state index contributed by atoms with van der Waals surface area (Å²) in [5.41, 5.74) is 7.23. The standard InChI is InChI=1S/C28H40ClN3O3S2/c1-28(2,23-8-4-3-5-9-23)24-10-6-11-25(20-24)37(34,35)31-26(21-36-19-7-16-30)27(33)32-17-13-22(12-15-29)14-18-32/h3-6,8-11,20,22,26,31H,7,12-19,21,30H2,1-2H3/t26-/m0/s1. The summed E-state index contributed by atoms with van der Waals surface area (Å²) in [4.78, 5) is 15.4. The van der Waals surface area contributed by atoms with E-state index in [1.54, 1.807) is 34.9 Å². The number of halogens is 1. The summed E-state index contributed by atoms with van der Waals surface area (Å²) >= 11 is 7.46. The molecular formula is C28H40ClN3O3S2. The number of likely N-dealkylation sites (tertiary alicyclic amines) is 1. The van der Waals surface area contributed by atoms with Crippen LogP contribution in [0.2, 0.25) is 0 Å². The van der Waals surface area contributed by atoms with Crippen molar-refractivity contribution in [1.29, 1.82) is 0 Å². The van der Waals surface area contributed by atoms with Crippen molar-refractivity contribution in [3.63, 3.8) is 0 Å². The van der Waals surface area contributed by atoms with Crippen molar-refractivity contribution in [3.05, 3.63) is 65.7 Å². The van der Waals surface area contributed by atoms with E-state index < -0.39 is 16.1 Å². The average molecular weight is 566 g/mol. The highest BCUT2D eigenvalue weighted by atomic mass is 35.5. The Morgan fingerprint density at radius 1 is 1.14 bits per heavy atom. The van der Waals surface area contributed by atoms with E-state index in [2.05, 4.69) is 18.6 Å². The Labute approximate surface area is 231 Å². The number of nitrogens with two attached hydrogens (primary N) is 1. The highest BCUT2D eigenvalue weighted by Gasteiger charge is 2.32. The molecule has 1 aliphatic rings. The number of rotatable bonds is 13. The van der Waals surface area contributed by atoms with Crippen LogP contribution in [-0.2, 0) is 20.2 Å². The summed E-state index contributed by atoms with van der Waals surface area (Å²) in [5, 5.41) is 0. The van der Waals surface area contributed by atoms with Crippen LogP contribution in [-0.4, -0.2) is 62.3 Å². The molecule has 0 spiro atoms. The predicted octanol–water partition coefficient (Wildman–Crippen LogP) is 4.61. The van der Waals surface area contributed by atoms with Crippen molar-refractivity contribution in [2.75, 3.05) is 37.0 Å². The lowest BCUT2D eigenvalue weighted by atomic mass is 9.78. The Morgan fingerprint density at radius 2 is 1.81 bits per heavy atom. The first-order chi connectivity index (χ1) is 17.7. The molecule has 6 nitrogen and oxygen atoms in total. The lowest BCUT2D eigenvalue weighted by molar-refractivity contribution is -0.133. The van der Waals surface area contributed by atoms with Gasteiger partial charge in [-0.15, -0.1) is 11.6 Å². The summed E-state index contributed by atoms with van der Waals surface area (Å²) in [6.07, 6.45) is 3.56. The van der Waals surface area contributed by atoms with E-state index in [-0.39, 0.29) is 16.2 Å². The third-order valence-corrected chi connectivity index (χ3v) is 10.0. The van der Waals surface area contributed by atoms with Gasteiger partial charge in [-0.25, -0.2) is 8.42 Å². The molecule has 0 saturated carbocycles. The molecular weight excluding hydrogens is 526 g/mol. The Morgan fingerprint density at radius 3 is 2.46 bits per heavy atom. The summed E-state index contributed by atoms with van der Waals surface area (Å²) in [7, 11) is -3.92. The van der Waals surface area contributed by atoms with Crippen LogP contribution in [0.4, 0.5) is 0 Å². The van der Waals surface area contributed by atoms with Gasteiger partial charge in [0.05, 0.1) is 4.90 Å². The number of hydrogen-bond acceptors (Lipinski definition) is 5. The van der Waals surface area contributed by atoms with Gasteiger partial charge in [-0.3, -0.25) is 4.79 Å². The summed E-state index contributed by atoms with van der Waals surface area (Å²) in [6.45, 7) is 5.99. The van der Waals surface area contributed by atoms with Gasteiger partial charge in [-0.1, -0.05) is 56.3 Å². The van der Waals surface area contributed by atoms with Crippen LogP contribution in [0.5, 0.6) is 0 Å². The van der Waals surface area contributed by atoms with Crippen LogP contribution < -0.4 is 10.5 Å². The zero-order valence-electron chi connectivity index (χ0n) is 21.9. The van der Waals surface area contributed by atoms with Gasteiger partial charge in [0.2, 0.25) is 15.9 Å². The molecule has 2 aromatic carbocycles. The quantitative estimate of drug-likeness (QED) is 0.273. The van der Waals surface area contributed by atoms with Gasteiger partial charge in [0.15, 0.2) is 0 Å². The molecule has 1 amide bonds. The number of hydrogen-bond donors (Lipinski definition) is 2. The lowest BCUT2D eigenvalue weighted by Crippen LogP contribution is -2.52. The molecule has 1 aliphatic heterocycles. The summed E-state index contributed by atoms with van der Waals surface area (Å²) < 4.78 is 29.8. The molecule has 1 heterocycles. The van der Waals surface area contributed by atoms with E-state index in [1.807, 2.05) is 36.4 Å². The maximum Gasteiger partial charge on any atom is 0.241 e. The lowest BCUT2D eigenvalue weighted by Gasteiger charge is -2.34. The van der Waals surface area contributed by atoms with Crippen molar-refractivity contribution in [1.82, 2.24) is 9.62 Å². The van der Waals surface area contributed by atoms with E-state index >= 15 is 0 Å². The number of carbonyl (C=O) groups excluding carboxylic acids is 1. The fourth-order valence-electron chi connectivity index (χ4n) is 4.69. The number of benzene rings is 2. The molecule has 0 bridgehead atoms. The van der Waals surface area contributed by atoms with E-state index in [4.69, 9.17) is 17.3 Å². The zero-order chi connectivity index (χ0) is 26.9. The number of thioether (sulfide) groups is 1. The van der Waals surface area contributed by atoms with Gasteiger partial charge in [0.25, 0.3) is 0 Å². The second-order valence-corrected chi connectivity index (χ2v) is 13.4. The molecule has 37 heavy (non-hydrogen) atoms. The van der Waals surface area contributed by atoms with E-state index in [0.29, 0.717) is 37.2 Å². The van der Waals surface area contributed by atoms with Gasteiger partial charge in [0, 0.05) is 30.1 Å². The zero-order valence-corrected chi connectivity index (χ0v) is 24.3. The Bertz CT molecular complexity index is 1100. The van der Waals surface area contributed by atoms with E-state index in [0.717, 1.165) is 42.6 Å². The SMILES string of the molecule is CC(C)(c1ccccc1)c1cccc(S(=O)(=O)N[C@@H](CSCCCN)C(=O)N2CCC(CCCl)CC2)c1. The predicted molar refractivity (Wildman–Crippen MR) is 155 cm³/mol. The molecule has 1 atom stereocenters. The Hall–Kier alpha value is -1.58. The Kier molecular flexibility index (Phi) is 11.3. The van der Waals surface area contributed by atoms with Crippen LogP contribution in [0.15, 0.2) is 59.5 Å². The fraction of sp³-hybridized carbons (Fsp3) is 0.536. The van der Waals surface area contributed by atoms with Gasteiger partial charge >= 0.3 is 0 Å². The van der Waals surface area contributed by atoms with Crippen molar-refractivity contribution in [3.8, 4) is 0 Å². The number of carbonyl (C=O) groups is 1. The first-order valence-electron chi connectivity index (χ1n) is 13.0. The third-order valence-electron chi connectivity index (χ3n) is 7.18. The van der Waals surface area contributed by atoms with E-state index in [9.17, 15) is 13.2 Å². The summed E-state index contributed by atoms with van der Waals surface area (Å²) in [5.74, 6) is 2.13. The highest BCUT2D eigenvalue weighted by Crippen LogP contribution is 2.32. The van der Waals surface area contributed by atoms with Crippen LogP contribution in [0.1, 0.15) is 50.7 Å². The number of amides is 1. The molecule has 3 rings (SSSR count). The molecule has 0 unspecified atom stereocenters. The van der Waals surface area contributed by atoms with Crippen molar-refractivity contribution in [2.24, 2.45) is 11.7 Å². The van der Waals surface area contributed by atoms with Crippen LogP contribution >= 0.6 is 23.4 Å². The van der Waals surface area contributed by atoms with Crippen LogP contribution in [0.25, 0.3) is 0 Å². The van der Waals surface area contributed by atoms with Gasteiger partial charge in [-0.2, -0.15) is 16.5 Å². The minimum absolute atomic E-state index is 0.158. The molecule has 0 aliphatic carbocycles. The number of nitrogens with one attached hydrogen (secondary N) is 1. The van der Waals surface area contributed by atoms with Gasteiger partial charge < -0.3 is 10.6 Å². The van der Waals surface area contributed by atoms with Crippen molar-refractivity contribution in [2.45, 2.75) is 55.9 Å². The largest absolute Gasteiger partial charge is 0.341 e. The molecule has 9 heteroatoms. The van der Waals surface area contributed by atoms with Crippen molar-refractivity contribution >= 4 is 39.3 Å². The number of sulfonamides is 1. The summed E-state index contributed by atoms with van der Waals surface area (Å²) in [6, 6.07) is 16.2. The third kappa shape index (κ3) is 8.20. The first-order valence-corrected chi connectivity index (χ1v) is 16.2. The monoisotopic (exact) mass is 565 g/mol. The molecule has 0 radical (unpaired) electrons. The fourth-order valence-corrected chi connectivity index (χ4v) is 7.34. The first kappa shape index (κ1) is 30.0. The number of alkyl halides is 1. The second kappa shape index (κ2) is 14.0.